The summed E-state index contributed by atoms with van der Waals surface area (Å²) < 4.78 is 18.4. The number of halogens is 1. The molecule has 118 valence electrons. The lowest BCUT2D eigenvalue weighted by atomic mass is 10.1. The van der Waals surface area contributed by atoms with Gasteiger partial charge in [0.2, 0.25) is 0 Å². The zero-order valence-corrected chi connectivity index (χ0v) is 12.6. The Hall–Kier alpha value is -3.02. The van der Waals surface area contributed by atoms with E-state index in [-0.39, 0.29) is 17.0 Å². The second-order valence-corrected chi connectivity index (χ2v) is 4.85. The van der Waals surface area contributed by atoms with Crippen molar-refractivity contribution in [1.82, 2.24) is 0 Å². The number of carbonyl (C=O) groups is 1. The molecule has 23 heavy (non-hydrogen) atoms. The lowest BCUT2D eigenvalue weighted by Crippen LogP contribution is -1.98. The lowest BCUT2D eigenvalue weighted by molar-refractivity contribution is -0.385. The molecule has 0 fully saturated rings. The molecule has 0 heterocycles. The minimum Gasteiger partial charge on any atom is -0.494 e. The monoisotopic (exact) mass is 315 g/mol. The van der Waals surface area contributed by atoms with Crippen LogP contribution in [0.15, 0.2) is 42.5 Å². The predicted molar refractivity (Wildman–Crippen MR) is 84.1 cm³/mol. The number of hydrogen-bond donors (Lipinski definition) is 0. The van der Waals surface area contributed by atoms with Gasteiger partial charge in [-0.25, -0.2) is 4.39 Å². The van der Waals surface area contributed by atoms with Crippen molar-refractivity contribution in [1.29, 1.82) is 0 Å². The molecule has 0 aliphatic carbocycles. The Morgan fingerprint density at radius 1 is 1.26 bits per heavy atom. The number of ether oxygens (including phenoxy) is 1. The maximum absolute atomic E-state index is 13.6. The Balaban J connectivity index is 2.23. The fourth-order valence-corrected chi connectivity index (χ4v) is 2.01. The molecule has 0 saturated heterocycles. The first kappa shape index (κ1) is 16.4. The van der Waals surface area contributed by atoms with Crippen molar-refractivity contribution in [3.63, 3.8) is 0 Å². The van der Waals surface area contributed by atoms with Gasteiger partial charge in [0.25, 0.3) is 5.69 Å². The number of nitro benzene ring substituents is 1. The molecule has 0 aliphatic heterocycles. The van der Waals surface area contributed by atoms with Gasteiger partial charge in [-0.3, -0.25) is 14.9 Å². The van der Waals surface area contributed by atoms with Gasteiger partial charge >= 0.3 is 0 Å². The van der Waals surface area contributed by atoms with Crippen molar-refractivity contribution in [3.8, 4) is 5.75 Å². The third-order valence-corrected chi connectivity index (χ3v) is 3.29. The van der Waals surface area contributed by atoms with Crippen LogP contribution in [0.2, 0.25) is 0 Å². The van der Waals surface area contributed by atoms with E-state index in [4.69, 9.17) is 4.74 Å². The van der Waals surface area contributed by atoms with Crippen LogP contribution in [0.5, 0.6) is 5.75 Å². The maximum Gasteiger partial charge on any atom is 0.273 e. The second kappa shape index (κ2) is 6.83. The molecular formula is C17H14FNO4. The lowest BCUT2D eigenvalue weighted by Gasteiger charge is -2.02. The van der Waals surface area contributed by atoms with Gasteiger partial charge in [-0.15, -0.1) is 0 Å². The average molecular weight is 315 g/mol. The topological polar surface area (TPSA) is 69.4 Å². The summed E-state index contributed by atoms with van der Waals surface area (Å²) in [7, 11) is 1.36. The summed E-state index contributed by atoms with van der Waals surface area (Å²) in [6.07, 6.45) is 2.69. The molecule has 0 radical (unpaired) electrons. The Morgan fingerprint density at radius 3 is 2.61 bits per heavy atom. The smallest absolute Gasteiger partial charge is 0.273 e. The molecule has 0 aliphatic rings. The molecule has 0 aromatic heterocycles. The highest BCUT2D eigenvalue weighted by Gasteiger charge is 2.13. The molecule has 6 heteroatoms. The molecule has 5 nitrogen and oxygen atoms in total. The third kappa shape index (κ3) is 3.79. The summed E-state index contributed by atoms with van der Waals surface area (Å²) in [5, 5.41) is 10.9. The standard InChI is InChI=1S/C17H14FNO4/c1-11-3-6-13(10-15(11)19(21)22)16(20)7-4-12-5-8-17(23-2)14(18)9-12/h3-10H,1-2H3/b7-4+. The molecule has 0 bridgehead atoms. The highest BCUT2D eigenvalue weighted by molar-refractivity contribution is 6.07. The number of hydrogen-bond acceptors (Lipinski definition) is 4. The van der Waals surface area contributed by atoms with Crippen LogP contribution in [0.25, 0.3) is 6.08 Å². The molecule has 0 atom stereocenters. The van der Waals surface area contributed by atoms with E-state index < -0.39 is 16.5 Å². The van der Waals surface area contributed by atoms with Gasteiger partial charge in [0.05, 0.1) is 12.0 Å². The van der Waals surface area contributed by atoms with Crippen LogP contribution < -0.4 is 4.74 Å². The van der Waals surface area contributed by atoms with Crippen molar-refractivity contribution in [3.05, 3.63) is 75.1 Å². The first-order valence-electron chi connectivity index (χ1n) is 6.73. The number of nitrogens with zero attached hydrogens (tertiary/aromatic N) is 1. The summed E-state index contributed by atoms with van der Waals surface area (Å²) in [4.78, 5) is 22.4. The van der Waals surface area contributed by atoms with E-state index in [2.05, 4.69) is 0 Å². The molecule has 0 saturated carbocycles. The number of ketones is 1. The van der Waals surface area contributed by atoms with Crippen molar-refractivity contribution < 1.29 is 18.8 Å². The first-order chi connectivity index (χ1) is 10.9. The summed E-state index contributed by atoms with van der Waals surface area (Å²) in [5.74, 6) is -0.819. The van der Waals surface area contributed by atoms with Crippen LogP contribution in [0, 0.1) is 22.9 Å². The number of carbonyl (C=O) groups excluding carboxylic acids is 1. The van der Waals surface area contributed by atoms with E-state index in [0.29, 0.717) is 11.1 Å². The van der Waals surface area contributed by atoms with Gasteiger partial charge in [0, 0.05) is 17.2 Å². The van der Waals surface area contributed by atoms with Crippen LogP contribution >= 0.6 is 0 Å². The fraction of sp³-hybridized carbons (Fsp3) is 0.118. The van der Waals surface area contributed by atoms with Gasteiger partial charge in [0.1, 0.15) is 0 Å². The number of benzene rings is 2. The number of rotatable bonds is 5. The maximum atomic E-state index is 13.6. The van der Waals surface area contributed by atoms with E-state index in [1.165, 1.54) is 49.6 Å². The predicted octanol–water partition coefficient (Wildman–Crippen LogP) is 3.95. The molecule has 0 amide bonds. The van der Waals surface area contributed by atoms with Crippen LogP contribution in [0.4, 0.5) is 10.1 Å². The van der Waals surface area contributed by atoms with Crippen LogP contribution in [-0.4, -0.2) is 17.8 Å². The second-order valence-electron chi connectivity index (χ2n) is 4.85. The molecule has 2 aromatic rings. The number of nitro groups is 1. The SMILES string of the molecule is COc1ccc(/C=C/C(=O)c2ccc(C)c([N+](=O)[O-])c2)cc1F. The van der Waals surface area contributed by atoms with Crippen molar-refractivity contribution >= 4 is 17.5 Å². The quantitative estimate of drug-likeness (QED) is 0.362. The highest BCUT2D eigenvalue weighted by atomic mass is 19.1. The van der Waals surface area contributed by atoms with Gasteiger partial charge in [-0.2, -0.15) is 0 Å². The van der Waals surface area contributed by atoms with Gasteiger partial charge < -0.3 is 4.74 Å². The van der Waals surface area contributed by atoms with E-state index in [0.717, 1.165) is 0 Å². The van der Waals surface area contributed by atoms with E-state index >= 15 is 0 Å². The van der Waals surface area contributed by atoms with Gasteiger partial charge in [0.15, 0.2) is 17.3 Å². The Kier molecular flexibility index (Phi) is 4.85. The minimum atomic E-state index is -0.534. The van der Waals surface area contributed by atoms with Crippen LogP contribution in [-0.2, 0) is 0 Å². The molecular weight excluding hydrogens is 301 g/mol. The minimum absolute atomic E-state index is 0.111. The summed E-state index contributed by atoms with van der Waals surface area (Å²) >= 11 is 0. The Morgan fingerprint density at radius 2 is 2.00 bits per heavy atom. The first-order valence-corrected chi connectivity index (χ1v) is 6.73. The molecule has 0 N–H and O–H groups in total. The molecule has 0 spiro atoms. The number of aryl methyl sites for hydroxylation is 1. The Labute approximate surface area is 132 Å². The van der Waals surface area contributed by atoms with Crippen molar-refractivity contribution in [2.24, 2.45) is 0 Å². The number of allylic oxidation sites excluding steroid dienone is 1. The van der Waals surface area contributed by atoms with Crippen molar-refractivity contribution in [2.45, 2.75) is 6.92 Å². The number of methoxy groups -OCH3 is 1. The van der Waals surface area contributed by atoms with E-state index in [9.17, 15) is 19.3 Å². The molecule has 2 aromatic carbocycles. The van der Waals surface area contributed by atoms with Gasteiger partial charge in [-0.05, 0) is 30.7 Å². The Bertz CT molecular complexity index is 799. The third-order valence-electron chi connectivity index (χ3n) is 3.29. The molecule has 2 rings (SSSR count). The van der Waals surface area contributed by atoms with Gasteiger partial charge in [-0.1, -0.05) is 24.3 Å². The normalized spacial score (nSPS) is 10.7. The van der Waals surface area contributed by atoms with Crippen molar-refractivity contribution in [2.75, 3.05) is 7.11 Å². The molecule has 0 unspecified atom stereocenters. The fourth-order valence-electron chi connectivity index (χ4n) is 2.01. The van der Waals surface area contributed by atoms with E-state index in [1.54, 1.807) is 13.0 Å². The van der Waals surface area contributed by atoms with Crippen LogP contribution in [0.3, 0.4) is 0 Å². The van der Waals surface area contributed by atoms with E-state index in [1.807, 2.05) is 0 Å². The summed E-state index contributed by atoms with van der Waals surface area (Å²) in [5.41, 5.74) is 1.05. The largest absolute Gasteiger partial charge is 0.494 e. The van der Waals surface area contributed by atoms with Crippen LogP contribution in [0.1, 0.15) is 21.5 Å². The average Bonchev–Trinajstić information content (AvgIpc) is 2.52. The summed E-state index contributed by atoms with van der Waals surface area (Å²) in [6.45, 7) is 1.60. The highest BCUT2D eigenvalue weighted by Crippen LogP contribution is 2.21. The summed E-state index contributed by atoms with van der Waals surface area (Å²) in [6, 6.07) is 8.56. The zero-order valence-electron chi connectivity index (χ0n) is 12.6. The zero-order chi connectivity index (χ0) is 17.0.